The van der Waals surface area contributed by atoms with E-state index in [1.807, 2.05) is 12.1 Å². The molecule has 8 heteroatoms. The molecule has 0 radical (unpaired) electrons. The third-order valence-corrected chi connectivity index (χ3v) is 7.12. The van der Waals surface area contributed by atoms with E-state index >= 15 is 0 Å². The third-order valence-electron chi connectivity index (χ3n) is 4.62. The van der Waals surface area contributed by atoms with Crippen molar-refractivity contribution in [2.24, 2.45) is 0 Å². The fourth-order valence-electron chi connectivity index (χ4n) is 2.85. The number of anilines is 1. The maximum Gasteiger partial charge on any atom is 0.262 e. The van der Waals surface area contributed by atoms with Gasteiger partial charge in [0.05, 0.1) is 10.5 Å². The number of amides is 1. The first-order chi connectivity index (χ1) is 14.4. The number of hydrogen-bond donors (Lipinski definition) is 2. The normalized spacial score (nSPS) is 13.6. The minimum Gasteiger partial charge on any atom is -0.349 e. The van der Waals surface area contributed by atoms with Crippen LogP contribution in [0, 0.1) is 6.92 Å². The van der Waals surface area contributed by atoms with Gasteiger partial charge in [0.25, 0.3) is 15.9 Å². The number of carbonyl (C=O) groups is 1. The summed E-state index contributed by atoms with van der Waals surface area (Å²) < 4.78 is 27.8. The molecule has 1 heterocycles. The number of carbonyl (C=O) groups excluding carboxylic acids is 1. The first-order valence-corrected chi connectivity index (χ1v) is 11.8. The second-order valence-electron chi connectivity index (χ2n) is 7.13. The van der Waals surface area contributed by atoms with Crippen LogP contribution in [0.5, 0.6) is 0 Å². The summed E-state index contributed by atoms with van der Waals surface area (Å²) in [7, 11) is -3.64. The summed E-state index contributed by atoms with van der Waals surface area (Å²) in [6.45, 7) is 1.77. The Kier molecular flexibility index (Phi) is 5.78. The Labute approximate surface area is 180 Å². The van der Waals surface area contributed by atoms with E-state index in [-0.39, 0.29) is 10.8 Å². The minimum atomic E-state index is -3.64. The highest BCUT2D eigenvalue weighted by Crippen LogP contribution is 2.28. The van der Waals surface area contributed by atoms with Crippen LogP contribution in [0.1, 0.15) is 28.8 Å². The van der Waals surface area contributed by atoms with Crippen LogP contribution < -0.4 is 10.0 Å². The number of hydrogen-bond acceptors (Lipinski definition) is 5. The van der Waals surface area contributed by atoms with E-state index in [9.17, 15) is 13.2 Å². The molecular formula is C22H21N3O3S2. The van der Waals surface area contributed by atoms with E-state index in [0.717, 1.165) is 22.8 Å². The Balaban J connectivity index is 1.40. The Bertz CT molecular complexity index is 1160. The summed E-state index contributed by atoms with van der Waals surface area (Å²) in [6, 6.07) is 17.8. The lowest BCUT2D eigenvalue weighted by atomic mass is 10.2. The fraction of sp³-hybridized carbons (Fsp3) is 0.182. The van der Waals surface area contributed by atoms with Crippen LogP contribution >= 0.6 is 11.8 Å². The summed E-state index contributed by atoms with van der Waals surface area (Å²) in [5, 5.41) is 3.69. The van der Waals surface area contributed by atoms with Gasteiger partial charge in [-0.2, -0.15) is 0 Å². The standard InChI is InChI=1S/C22H21N3O3S2/c1-15-4-2-3-5-20(15)30(27,28)25-18-9-11-19(12-10-18)29-21-13-6-16(14-23-21)22(26)24-17-7-8-17/h2-6,9-14,17,25H,7-8H2,1H3,(H,24,26). The molecule has 154 valence electrons. The van der Waals surface area contributed by atoms with E-state index in [4.69, 9.17) is 0 Å². The molecule has 1 aliphatic carbocycles. The number of pyridine rings is 1. The largest absolute Gasteiger partial charge is 0.349 e. The van der Waals surface area contributed by atoms with Gasteiger partial charge in [-0.1, -0.05) is 30.0 Å². The maximum absolute atomic E-state index is 12.6. The molecule has 0 aliphatic heterocycles. The lowest BCUT2D eigenvalue weighted by molar-refractivity contribution is 0.0950. The number of aryl methyl sites for hydroxylation is 1. The zero-order valence-corrected chi connectivity index (χ0v) is 18.0. The summed E-state index contributed by atoms with van der Waals surface area (Å²) in [5.74, 6) is -0.0909. The zero-order chi connectivity index (χ0) is 21.1. The van der Waals surface area contributed by atoms with Crippen molar-refractivity contribution >= 4 is 33.4 Å². The van der Waals surface area contributed by atoms with Gasteiger partial charge in [-0.25, -0.2) is 13.4 Å². The van der Waals surface area contributed by atoms with Gasteiger partial charge < -0.3 is 5.32 Å². The topological polar surface area (TPSA) is 88.2 Å². The molecular weight excluding hydrogens is 418 g/mol. The molecule has 0 saturated heterocycles. The van der Waals surface area contributed by atoms with Crippen LogP contribution in [0.15, 0.2) is 81.7 Å². The number of nitrogens with one attached hydrogen (secondary N) is 2. The minimum absolute atomic E-state index is 0.0909. The van der Waals surface area contributed by atoms with Crippen LogP contribution in [0.4, 0.5) is 5.69 Å². The molecule has 30 heavy (non-hydrogen) atoms. The van der Waals surface area contributed by atoms with Crippen molar-refractivity contribution in [3.8, 4) is 0 Å². The van der Waals surface area contributed by atoms with Crippen molar-refractivity contribution in [3.05, 3.63) is 78.0 Å². The Hall–Kier alpha value is -2.84. The van der Waals surface area contributed by atoms with Crippen molar-refractivity contribution < 1.29 is 13.2 Å². The molecule has 0 spiro atoms. The number of rotatable bonds is 7. The van der Waals surface area contributed by atoms with E-state index in [0.29, 0.717) is 22.9 Å². The van der Waals surface area contributed by atoms with E-state index in [2.05, 4.69) is 15.0 Å². The predicted molar refractivity (Wildman–Crippen MR) is 117 cm³/mol. The number of aromatic nitrogens is 1. The van der Waals surface area contributed by atoms with Gasteiger partial charge in [-0.3, -0.25) is 9.52 Å². The molecule has 0 unspecified atom stereocenters. The second-order valence-corrected chi connectivity index (χ2v) is 9.87. The highest BCUT2D eigenvalue weighted by molar-refractivity contribution is 7.99. The van der Waals surface area contributed by atoms with Gasteiger partial charge >= 0.3 is 0 Å². The lowest BCUT2D eigenvalue weighted by Crippen LogP contribution is -2.25. The average molecular weight is 440 g/mol. The van der Waals surface area contributed by atoms with Crippen LogP contribution in [-0.4, -0.2) is 25.4 Å². The molecule has 1 aromatic heterocycles. The number of benzene rings is 2. The van der Waals surface area contributed by atoms with Crippen molar-refractivity contribution in [2.45, 2.75) is 40.6 Å². The molecule has 0 bridgehead atoms. The van der Waals surface area contributed by atoms with Crippen molar-refractivity contribution in [3.63, 3.8) is 0 Å². The van der Waals surface area contributed by atoms with Crippen molar-refractivity contribution in [1.29, 1.82) is 0 Å². The number of nitrogens with zero attached hydrogens (tertiary/aromatic N) is 1. The zero-order valence-electron chi connectivity index (χ0n) is 16.3. The lowest BCUT2D eigenvalue weighted by Gasteiger charge is -2.10. The molecule has 3 aromatic rings. The third kappa shape index (κ3) is 5.01. The molecule has 1 saturated carbocycles. The van der Waals surface area contributed by atoms with Gasteiger partial charge in [0.15, 0.2) is 0 Å². The maximum atomic E-state index is 12.6. The molecule has 2 N–H and O–H groups in total. The second kappa shape index (κ2) is 8.49. The van der Waals surface area contributed by atoms with Crippen LogP contribution in [-0.2, 0) is 10.0 Å². The van der Waals surface area contributed by atoms with Crippen LogP contribution in [0.25, 0.3) is 0 Å². The fourth-order valence-corrected chi connectivity index (χ4v) is 4.91. The van der Waals surface area contributed by atoms with Crippen LogP contribution in [0.2, 0.25) is 0 Å². The highest BCUT2D eigenvalue weighted by atomic mass is 32.2. The van der Waals surface area contributed by atoms with E-state index in [1.54, 1.807) is 61.7 Å². The van der Waals surface area contributed by atoms with Gasteiger partial charge in [-0.05, 0) is 67.8 Å². The smallest absolute Gasteiger partial charge is 0.262 e. The van der Waals surface area contributed by atoms with Crippen LogP contribution in [0.3, 0.4) is 0 Å². The first kappa shape index (κ1) is 20.4. The molecule has 6 nitrogen and oxygen atoms in total. The monoisotopic (exact) mass is 439 g/mol. The quantitative estimate of drug-likeness (QED) is 0.575. The summed E-state index contributed by atoms with van der Waals surface area (Å²) in [6.07, 6.45) is 3.67. The Morgan fingerprint density at radius 1 is 1.03 bits per heavy atom. The molecule has 1 amide bonds. The van der Waals surface area contributed by atoms with Gasteiger partial charge in [-0.15, -0.1) is 0 Å². The predicted octanol–water partition coefficient (Wildman–Crippen LogP) is 4.23. The van der Waals surface area contributed by atoms with Gasteiger partial charge in [0.1, 0.15) is 5.03 Å². The SMILES string of the molecule is Cc1ccccc1S(=O)(=O)Nc1ccc(Sc2ccc(C(=O)NC3CC3)cn2)cc1. The molecule has 4 rings (SSSR count). The summed E-state index contributed by atoms with van der Waals surface area (Å²) >= 11 is 1.44. The average Bonchev–Trinajstić information content (AvgIpc) is 3.54. The number of sulfonamides is 1. The van der Waals surface area contributed by atoms with Crippen molar-refractivity contribution in [2.75, 3.05) is 4.72 Å². The Morgan fingerprint density at radius 3 is 2.40 bits per heavy atom. The first-order valence-electron chi connectivity index (χ1n) is 9.54. The van der Waals surface area contributed by atoms with Gasteiger partial charge in [0, 0.05) is 22.8 Å². The summed E-state index contributed by atoms with van der Waals surface area (Å²) in [4.78, 5) is 17.5. The molecule has 1 fully saturated rings. The Morgan fingerprint density at radius 2 is 1.77 bits per heavy atom. The summed E-state index contributed by atoms with van der Waals surface area (Å²) in [5.41, 5.74) is 1.73. The van der Waals surface area contributed by atoms with E-state index < -0.39 is 10.0 Å². The highest BCUT2D eigenvalue weighted by Gasteiger charge is 2.23. The molecule has 1 aliphatic rings. The molecule has 0 atom stereocenters. The van der Waals surface area contributed by atoms with E-state index in [1.165, 1.54) is 11.8 Å². The van der Waals surface area contributed by atoms with Crippen molar-refractivity contribution in [1.82, 2.24) is 10.3 Å². The van der Waals surface area contributed by atoms with Gasteiger partial charge in [0.2, 0.25) is 0 Å². The molecule has 2 aromatic carbocycles.